The highest BCUT2D eigenvalue weighted by atomic mass is 16.5. The number of rotatable bonds is 10. The summed E-state index contributed by atoms with van der Waals surface area (Å²) in [6, 6.07) is 25.4. The van der Waals surface area contributed by atoms with Crippen LogP contribution in [0, 0.1) is 5.92 Å². The molecule has 3 saturated heterocycles. The van der Waals surface area contributed by atoms with Crippen LogP contribution in [0.5, 0.6) is 0 Å². The fraction of sp³-hybridized carbons (Fsp3) is 0.364. The molecule has 7 nitrogen and oxygen atoms in total. The van der Waals surface area contributed by atoms with E-state index in [1.807, 2.05) is 60.7 Å². The van der Waals surface area contributed by atoms with Crippen molar-refractivity contribution >= 4 is 23.4 Å². The highest BCUT2D eigenvalue weighted by Gasteiger charge is 2.49. The van der Waals surface area contributed by atoms with Gasteiger partial charge in [-0.3, -0.25) is 4.79 Å². The van der Waals surface area contributed by atoms with Crippen LogP contribution >= 0.6 is 0 Å². The first-order chi connectivity index (χ1) is 19.3. The smallest absolute Gasteiger partial charge is 0.338 e. The van der Waals surface area contributed by atoms with E-state index in [2.05, 4.69) is 5.32 Å². The SMILES string of the molecule is CC(C)OC(=O)c1ccc(C(=O)C[N+]23CCC(CC2)[C@@H](OC(=O)[C@H](Nc2ccccc2)c2ccccc2)C3)cc1. The Bertz CT molecular complexity index is 1320. The number of piperidine rings is 3. The lowest BCUT2D eigenvalue weighted by Gasteiger charge is -2.51. The van der Waals surface area contributed by atoms with Gasteiger partial charge in [0.15, 0.2) is 12.1 Å². The highest BCUT2D eigenvalue weighted by molar-refractivity contribution is 5.98. The second-order valence-electron chi connectivity index (χ2n) is 11.3. The number of anilines is 1. The molecule has 1 N–H and O–H groups in total. The second-order valence-corrected chi connectivity index (χ2v) is 11.3. The molecule has 3 aliphatic rings. The van der Waals surface area contributed by atoms with Crippen molar-refractivity contribution in [3.05, 3.63) is 102 Å². The third-order valence-corrected chi connectivity index (χ3v) is 8.03. The fourth-order valence-corrected chi connectivity index (χ4v) is 5.89. The number of esters is 2. The third-order valence-electron chi connectivity index (χ3n) is 8.03. The highest BCUT2D eigenvalue weighted by Crippen LogP contribution is 2.37. The van der Waals surface area contributed by atoms with E-state index in [1.54, 1.807) is 38.1 Å². The number of benzene rings is 3. The van der Waals surface area contributed by atoms with Gasteiger partial charge in [0.25, 0.3) is 0 Å². The van der Waals surface area contributed by atoms with Crippen LogP contribution in [0.3, 0.4) is 0 Å². The fourth-order valence-electron chi connectivity index (χ4n) is 5.89. The monoisotopic (exact) mass is 541 g/mol. The van der Waals surface area contributed by atoms with Crippen molar-refractivity contribution in [3.63, 3.8) is 0 Å². The van der Waals surface area contributed by atoms with Gasteiger partial charge in [0, 0.05) is 30.0 Å². The summed E-state index contributed by atoms with van der Waals surface area (Å²) in [7, 11) is 0. The molecule has 3 aromatic carbocycles. The van der Waals surface area contributed by atoms with Crippen molar-refractivity contribution in [1.29, 1.82) is 0 Å². The zero-order valence-electron chi connectivity index (χ0n) is 23.1. The number of nitrogens with one attached hydrogen (secondary N) is 1. The van der Waals surface area contributed by atoms with Crippen molar-refractivity contribution in [2.24, 2.45) is 5.92 Å². The number of quaternary nitrogens is 1. The average Bonchev–Trinajstić information content (AvgIpc) is 2.97. The zero-order valence-corrected chi connectivity index (χ0v) is 23.1. The number of fused-ring (bicyclic) bond motifs is 3. The van der Waals surface area contributed by atoms with Crippen molar-refractivity contribution in [2.45, 2.75) is 44.9 Å². The Morgan fingerprint density at radius 1 is 0.850 bits per heavy atom. The maximum absolute atomic E-state index is 13.6. The molecule has 3 heterocycles. The number of Topliss-reactive ketones (excluding diaryl/α,β-unsaturated/α-hetero) is 1. The number of ketones is 1. The van der Waals surface area contributed by atoms with Gasteiger partial charge in [0.1, 0.15) is 13.1 Å². The number of carbonyl (C=O) groups excluding carboxylic acids is 3. The standard InChI is InChI=1S/C33H37N2O5/c1-23(2)39-32(37)27-15-13-24(14-16-27)29(36)21-35-19-17-25(18-20-35)30(22-35)40-33(38)31(26-9-5-3-6-10-26)34-28-11-7-4-8-12-28/h3-16,23,25,30-31,34H,17-22H2,1-2H3/q+1/t25?,30-,31+,35?/m0/s1. The lowest BCUT2D eigenvalue weighted by molar-refractivity contribution is -0.938. The van der Waals surface area contributed by atoms with E-state index in [4.69, 9.17) is 9.47 Å². The van der Waals surface area contributed by atoms with Crippen molar-refractivity contribution in [1.82, 2.24) is 0 Å². The summed E-state index contributed by atoms with van der Waals surface area (Å²) in [5.74, 6) is -0.364. The van der Waals surface area contributed by atoms with E-state index in [9.17, 15) is 14.4 Å². The molecule has 208 valence electrons. The van der Waals surface area contributed by atoms with E-state index in [1.165, 1.54) is 0 Å². The molecule has 2 bridgehead atoms. The maximum atomic E-state index is 13.6. The molecule has 0 amide bonds. The Morgan fingerprint density at radius 2 is 1.45 bits per heavy atom. The molecule has 0 aliphatic carbocycles. The van der Waals surface area contributed by atoms with Crippen molar-refractivity contribution in [2.75, 3.05) is 31.5 Å². The normalized spacial score (nSPS) is 22.4. The first kappa shape index (κ1) is 27.6. The van der Waals surface area contributed by atoms with Crippen LogP contribution in [0.25, 0.3) is 0 Å². The Hall–Kier alpha value is -3.97. The average molecular weight is 542 g/mol. The lowest BCUT2D eigenvalue weighted by Crippen LogP contribution is -2.65. The number of hydrogen-bond donors (Lipinski definition) is 1. The van der Waals surface area contributed by atoms with Gasteiger partial charge in [-0.1, -0.05) is 60.7 Å². The van der Waals surface area contributed by atoms with Gasteiger partial charge in [-0.05, 0) is 43.7 Å². The van der Waals surface area contributed by atoms with E-state index in [-0.39, 0.29) is 24.0 Å². The van der Waals surface area contributed by atoms with Crippen LogP contribution in [0.4, 0.5) is 5.69 Å². The Balaban J connectivity index is 1.26. The largest absolute Gasteiger partial charge is 0.459 e. The number of para-hydroxylation sites is 1. The molecule has 6 rings (SSSR count). The van der Waals surface area contributed by atoms with E-state index in [0.29, 0.717) is 34.6 Å². The van der Waals surface area contributed by atoms with Gasteiger partial charge in [0.2, 0.25) is 5.78 Å². The van der Waals surface area contributed by atoms with Gasteiger partial charge >= 0.3 is 11.9 Å². The van der Waals surface area contributed by atoms with Crippen molar-refractivity contribution < 1.29 is 28.3 Å². The number of carbonyl (C=O) groups is 3. The van der Waals surface area contributed by atoms with E-state index >= 15 is 0 Å². The Labute approximate surface area is 235 Å². The van der Waals surface area contributed by atoms with Gasteiger partial charge in [-0.2, -0.15) is 0 Å². The minimum Gasteiger partial charge on any atom is -0.459 e. The van der Waals surface area contributed by atoms with Gasteiger partial charge in [-0.25, -0.2) is 9.59 Å². The van der Waals surface area contributed by atoms with Gasteiger partial charge in [0.05, 0.1) is 24.8 Å². The minimum absolute atomic E-state index is 0.0297. The predicted octanol–water partition coefficient (Wildman–Crippen LogP) is 5.44. The molecule has 3 aliphatic heterocycles. The van der Waals surface area contributed by atoms with Crippen LogP contribution in [0.15, 0.2) is 84.9 Å². The van der Waals surface area contributed by atoms with E-state index < -0.39 is 12.0 Å². The van der Waals surface area contributed by atoms with Crippen LogP contribution < -0.4 is 5.32 Å². The molecule has 0 unspecified atom stereocenters. The first-order valence-corrected chi connectivity index (χ1v) is 14.1. The summed E-state index contributed by atoms with van der Waals surface area (Å²) < 4.78 is 12.1. The van der Waals surface area contributed by atoms with Gasteiger partial charge < -0.3 is 19.3 Å². The molecule has 7 heteroatoms. The second kappa shape index (κ2) is 12.0. The summed E-state index contributed by atoms with van der Waals surface area (Å²) in [5.41, 5.74) is 2.70. The molecule has 0 radical (unpaired) electrons. The quantitative estimate of drug-likeness (QED) is 0.209. The van der Waals surface area contributed by atoms with Crippen LogP contribution in [0.2, 0.25) is 0 Å². The summed E-state index contributed by atoms with van der Waals surface area (Å²) >= 11 is 0. The predicted molar refractivity (Wildman–Crippen MR) is 153 cm³/mol. The summed E-state index contributed by atoms with van der Waals surface area (Å²) in [6.45, 7) is 6.38. The third kappa shape index (κ3) is 6.42. The number of nitrogens with zero attached hydrogens (tertiary/aromatic N) is 1. The molecule has 40 heavy (non-hydrogen) atoms. The summed E-state index contributed by atoms with van der Waals surface area (Å²) in [4.78, 5) is 39.1. The molecule has 3 fully saturated rings. The molecule has 2 atom stereocenters. The Kier molecular flexibility index (Phi) is 8.31. The van der Waals surface area contributed by atoms with Gasteiger partial charge in [-0.15, -0.1) is 0 Å². The molecular weight excluding hydrogens is 504 g/mol. The van der Waals surface area contributed by atoms with Crippen LogP contribution in [-0.2, 0) is 14.3 Å². The summed E-state index contributed by atoms with van der Waals surface area (Å²) in [6.07, 6.45) is 1.41. The minimum atomic E-state index is -0.630. The molecule has 0 aromatic heterocycles. The van der Waals surface area contributed by atoms with Crippen LogP contribution in [-0.4, -0.2) is 60.6 Å². The van der Waals surface area contributed by atoms with E-state index in [0.717, 1.165) is 37.2 Å². The zero-order chi connectivity index (χ0) is 28.1. The molecule has 0 spiro atoms. The maximum Gasteiger partial charge on any atom is 0.338 e. The number of hydrogen-bond acceptors (Lipinski definition) is 6. The Morgan fingerprint density at radius 3 is 2.08 bits per heavy atom. The summed E-state index contributed by atoms with van der Waals surface area (Å²) in [5, 5.41) is 3.35. The molecule has 0 saturated carbocycles. The molecule has 3 aromatic rings. The molecular formula is C33H37N2O5+. The first-order valence-electron chi connectivity index (χ1n) is 14.1. The van der Waals surface area contributed by atoms with Crippen LogP contribution in [0.1, 0.15) is 59.0 Å². The topological polar surface area (TPSA) is 81.7 Å². The lowest BCUT2D eigenvalue weighted by atomic mass is 9.82. The number of ether oxygens (including phenoxy) is 2. The van der Waals surface area contributed by atoms with Crippen molar-refractivity contribution in [3.8, 4) is 0 Å².